The molecule has 1 aliphatic rings. The number of pyridine rings is 1. The topological polar surface area (TPSA) is 34.2 Å². The van der Waals surface area contributed by atoms with Crippen molar-refractivity contribution in [1.29, 1.82) is 0 Å². The first-order valence-electron chi connectivity index (χ1n) is 5.44. The lowest BCUT2D eigenvalue weighted by atomic mass is 10.1. The molecule has 2 rings (SSSR count). The Kier molecular flexibility index (Phi) is 3.51. The molecule has 0 bridgehead atoms. The number of halogens is 3. The van der Waals surface area contributed by atoms with Crippen LogP contribution in [0.1, 0.15) is 18.4 Å². The summed E-state index contributed by atoms with van der Waals surface area (Å²) in [6, 6.07) is 2.21. The maximum Gasteiger partial charge on any atom is 0.419 e. The zero-order valence-corrected chi connectivity index (χ0v) is 9.13. The molecular weight excluding hydrogens is 233 g/mol. The monoisotopic (exact) mass is 246 g/mol. The molecule has 1 N–H and O–H groups in total. The first kappa shape index (κ1) is 12.2. The highest BCUT2D eigenvalue weighted by atomic mass is 19.4. The highest BCUT2D eigenvalue weighted by Crippen LogP contribution is 2.33. The van der Waals surface area contributed by atoms with Gasteiger partial charge in [0, 0.05) is 12.8 Å². The smallest absolute Gasteiger partial charge is 0.379 e. The predicted octanol–water partition coefficient (Wildman–Crippen LogP) is 2.69. The van der Waals surface area contributed by atoms with Crippen LogP contribution in [0.25, 0.3) is 0 Å². The fraction of sp³-hybridized carbons (Fsp3) is 0.545. The second-order valence-electron chi connectivity index (χ2n) is 3.96. The van der Waals surface area contributed by atoms with Crippen LogP contribution in [0.2, 0.25) is 0 Å². The first-order valence-corrected chi connectivity index (χ1v) is 5.44. The number of hydrogen-bond donors (Lipinski definition) is 1. The van der Waals surface area contributed by atoms with E-state index in [1.807, 2.05) is 0 Å². The zero-order valence-electron chi connectivity index (χ0n) is 9.13. The maximum absolute atomic E-state index is 12.7. The van der Waals surface area contributed by atoms with Crippen molar-refractivity contribution < 1.29 is 17.9 Å². The molecule has 2 heterocycles. The minimum Gasteiger partial charge on any atom is -0.379 e. The van der Waals surface area contributed by atoms with Crippen molar-refractivity contribution in [2.75, 3.05) is 18.5 Å². The third-order valence-electron chi connectivity index (χ3n) is 2.61. The van der Waals surface area contributed by atoms with Gasteiger partial charge in [-0.15, -0.1) is 0 Å². The third kappa shape index (κ3) is 3.09. The molecule has 1 aromatic rings. The van der Waals surface area contributed by atoms with E-state index in [4.69, 9.17) is 4.74 Å². The highest BCUT2D eigenvalue weighted by Gasteiger charge is 2.34. The van der Waals surface area contributed by atoms with Crippen molar-refractivity contribution in [3.63, 3.8) is 0 Å². The Morgan fingerprint density at radius 1 is 1.41 bits per heavy atom. The second kappa shape index (κ2) is 4.91. The van der Waals surface area contributed by atoms with Crippen LogP contribution >= 0.6 is 0 Å². The van der Waals surface area contributed by atoms with Gasteiger partial charge in [-0.05, 0) is 25.0 Å². The summed E-state index contributed by atoms with van der Waals surface area (Å²) < 4.78 is 43.3. The summed E-state index contributed by atoms with van der Waals surface area (Å²) in [6.07, 6.45) is -1.38. The fourth-order valence-electron chi connectivity index (χ4n) is 1.80. The Bertz CT molecular complexity index is 375. The number of alkyl halides is 3. The Labute approximate surface area is 97.0 Å². The van der Waals surface area contributed by atoms with E-state index in [-0.39, 0.29) is 11.9 Å². The molecule has 1 saturated heterocycles. The number of rotatable bonds is 2. The molecule has 1 aromatic heterocycles. The number of ether oxygens (including phenoxy) is 1. The van der Waals surface area contributed by atoms with Crippen molar-refractivity contribution >= 4 is 5.82 Å². The van der Waals surface area contributed by atoms with E-state index in [1.54, 1.807) is 0 Å². The summed E-state index contributed by atoms with van der Waals surface area (Å²) in [5, 5.41) is 2.80. The van der Waals surface area contributed by atoms with Gasteiger partial charge in [-0.2, -0.15) is 13.2 Å². The van der Waals surface area contributed by atoms with Gasteiger partial charge in [0.2, 0.25) is 0 Å². The third-order valence-corrected chi connectivity index (χ3v) is 2.61. The molecule has 0 saturated carbocycles. The lowest BCUT2D eigenvalue weighted by molar-refractivity contribution is -0.137. The van der Waals surface area contributed by atoms with Gasteiger partial charge in [0.05, 0.1) is 18.2 Å². The van der Waals surface area contributed by atoms with Gasteiger partial charge in [0.1, 0.15) is 5.82 Å². The summed E-state index contributed by atoms with van der Waals surface area (Å²) in [5.74, 6) is -0.115. The molecule has 0 aliphatic carbocycles. The van der Waals surface area contributed by atoms with Crippen LogP contribution in [-0.4, -0.2) is 24.2 Å². The van der Waals surface area contributed by atoms with Gasteiger partial charge in [-0.25, -0.2) is 4.98 Å². The summed E-state index contributed by atoms with van der Waals surface area (Å²) >= 11 is 0. The molecule has 17 heavy (non-hydrogen) atoms. The van der Waals surface area contributed by atoms with E-state index >= 15 is 0 Å². The van der Waals surface area contributed by atoms with E-state index < -0.39 is 11.7 Å². The van der Waals surface area contributed by atoms with Crippen LogP contribution < -0.4 is 5.32 Å². The van der Waals surface area contributed by atoms with Crippen molar-refractivity contribution in [1.82, 2.24) is 4.98 Å². The van der Waals surface area contributed by atoms with Gasteiger partial charge in [0.15, 0.2) is 0 Å². The molecule has 0 aromatic carbocycles. The Hall–Kier alpha value is -1.30. The van der Waals surface area contributed by atoms with Gasteiger partial charge in [-0.1, -0.05) is 0 Å². The SMILES string of the molecule is FC(F)(F)c1cccnc1NC1CCCOC1. The predicted molar refractivity (Wildman–Crippen MR) is 56.7 cm³/mol. The van der Waals surface area contributed by atoms with E-state index in [2.05, 4.69) is 10.3 Å². The van der Waals surface area contributed by atoms with Gasteiger partial charge < -0.3 is 10.1 Å². The average molecular weight is 246 g/mol. The number of anilines is 1. The summed E-state index contributed by atoms with van der Waals surface area (Å²) in [6.45, 7) is 1.10. The van der Waals surface area contributed by atoms with Crippen molar-refractivity contribution in [2.45, 2.75) is 25.1 Å². The number of nitrogens with zero attached hydrogens (tertiary/aromatic N) is 1. The summed E-state index contributed by atoms with van der Waals surface area (Å²) in [5.41, 5.74) is -0.731. The van der Waals surface area contributed by atoms with E-state index in [1.165, 1.54) is 12.3 Å². The maximum atomic E-state index is 12.7. The van der Waals surface area contributed by atoms with E-state index in [0.717, 1.165) is 18.9 Å². The zero-order chi connectivity index (χ0) is 12.3. The number of aromatic nitrogens is 1. The van der Waals surface area contributed by atoms with Gasteiger partial charge in [-0.3, -0.25) is 0 Å². The molecule has 3 nitrogen and oxygen atoms in total. The quantitative estimate of drug-likeness (QED) is 0.871. The van der Waals surface area contributed by atoms with Crippen molar-refractivity contribution in [2.24, 2.45) is 0 Å². The van der Waals surface area contributed by atoms with Crippen molar-refractivity contribution in [3.05, 3.63) is 23.9 Å². The van der Waals surface area contributed by atoms with Crippen LogP contribution in [0.3, 0.4) is 0 Å². The molecule has 6 heteroatoms. The molecular formula is C11H13F3N2O. The highest BCUT2D eigenvalue weighted by molar-refractivity contribution is 5.46. The molecule has 0 radical (unpaired) electrons. The fourth-order valence-corrected chi connectivity index (χ4v) is 1.80. The largest absolute Gasteiger partial charge is 0.419 e. The lowest BCUT2D eigenvalue weighted by Crippen LogP contribution is -2.31. The standard InChI is InChI=1S/C11H13F3N2O/c12-11(13,14)9-4-1-5-15-10(9)16-8-3-2-6-17-7-8/h1,4-5,8H,2-3,6-7H2,(H,15,16). The first-order chi connectivity index (χ1) is 8.07. The minimum absolute atomic E-state index is 0.0975. The number of hydrogen-bond acceptors (Lipinski definition) is 3. The molecule has 0 spiro atoms. The van der Waals surface area contributed by atoms with Gasteiger partial charge in [0.25, 0.3) is 0 Å². The second-order valence-corrected chi connectivity index (χ2v) is 3.96. The van der Waals surface area contributed by atoms with Crippen LogP contribution in [-0.2, 0) is 10.9 Å². The van der Waals surface area contributed by atoms with E-state index in [9.17, 15) is 13.2 Å². The van der Waals surface area contributed by atoms with Gasteiger partial charge >= 0.3 is 6.18 Å². The number of nitrogens with one attached hydrogen (secondary N) is 1. The lowest BCUT2D eigenvalue weighted by Gasteiger charge is -2.24. The molecule has 1 unspecified atom stereocenters. The van der Waals surface area contributed by atoms with Crippen molar-refractivity contribution in [3.8, 4) is 0 Å². The minimum atomic E-state index is -4.38. The van der Waals surface area contributed by atoms with Crippen LogP contribution in [0.4, 0.5) is 19.0 Å². The molecule has 1 fully saturated rings. The normalized spacial score (nSPS) is 21.2. The van der Waals surface area contributed by atoms with Crippen LogP contribution in [0, 0.1) is 0 Å². The Morgan fingerprint density at radius 2 is 2.24 bits per heavy atom. The van der Waals surface area contributed by atoms with Crippen LogP contribution in [0.15, 0.2) is 18.3 Å². The molecule has 1 aliphatic heterocycles. The molecule has 0 amide bonds. The summed E-state index contributed by atoms with van der Waals surface area (Å²) in [4.78, 5) is 3.75. The van der Waals surface area contributed by atoms with Crippen LogP contribution in [0.5, 0.6) is 0 Å². The summed E-state index contributed by atoms with van der Waals surface area (Å²) in [7, 11) is 0. The molecule has 1 atom stereocenters. The Balaban J connectivity index is 2.14. The average Bonchev–Trinajstić information content (AvgIpc) is 2.30. The molecule has 94 valence electrons. The van der Waals surface area contributed by atoms with E-state index in [0.29, 0.717) is 13.2 Å². The Morgan fingerprint density at radius 3 is 2.88 bits per heavy atom.